The number of aromatic nitrogens is 4. The second-order valence-electron chi connectivity index (χ2n) is 6.68. The summed E-state index contributed by atoms with van der Waals surface area (Å²) in [6, 6.07) is 12.2. The van der Waals surface area contributed by atoms with Crippen molar-refractivity contribution in [1.29, 1.82) is 5.26 Å². The van der Waals surface area contributed by atoms with Crippen molar-refractivity contribution in [3.8, 4) is 17.3 Å². The van der Waals surface area contributed by atoms with Crippen LogP contribution in [0.2, 0.25) is 0 Å². The molecule has 3 aromatic heterocycles. The zero-order valence-corrected chi connectivity index (χ0v) is 16.8. The Kier molecular flexibility index (Phi) is 5.12. The molecule has 0 saturated heterocycles. The average molecular weight is 411 g/mol. The van der Waals surface area contributed by atoms with Crippen molar-refractivity contribution in [2.75, 3.05) is 19.0 Å². The third-order valence-electron chi connectivity index (χ3n) is 4.82. The van der Waals surface area contributed by atoms with Gasteiger partial charge in [0.05, 0.1) is 29.7 Å². The highest BCUT2D eigenvalue weighted by molar-refractivity contribution is 6.04. The van der Waals surface area contributed by atoms with Crippen molar-refractivity contribution in [2.24, 2.45) is 0 Å². The quantitative estimate of drug-likeness (QED) is 0.551. The van der Waals surface area contributed by atoms with Gasteiger partial charge in [-0.2, -0.15) is 5.26 Å². The largest absolute Gasteiger partial charge is 0.354 e. The Hall–Kier alpha value is -4.58. The molecule has 1 N–H and O–H groups in total. The number of anilines is 1. The molecule has 0 aliphatic heterocycles. The summed E-state index contributed by atoms with van der Waals surface area (Å²) < 4.78 is 1.75. The lowest BCUT2D eigenvalue weighted by atomic mass is 10.2. The summed E-state index contributed by atoms with van der Waals surface area (Å²) in [7, 11) is 3.19. The van der Waals surface area contributed by atoms with Crippen molar-refractivity contribution >= 4 is 23.1 Å². The molecule has 0 saturated carbocycles. The van der Waals surface area contributed by atoms with Crippen molar-refractivity contribution in [1.82, 2.24) is 24.7 Å². The van der Waals surface area contributed by atoms with Gasteiger partial charge in [-0.15, -0.1) is 0 Å². The van der Waals surface area contributed by atoms with Crippen LogP contribution in [0, 0.1) is 11.3 Å². The minimum Gasteiger partial charge on any atom is -0.354 e. The fraction of sp³-hybridized carbons (Fsp3) is 0.0909. The molecule has 0 spiro atoms. The van der Waals surface area contributed by atoms with Crippen LogP contribution >= 0.6 is 0 Å². The fourth-order valence-electron chi connectivity index (χ4n) is 3.07. The summed E-state index contributed by atoms with van der Waals surface area (Å²) in [5, 5.41) is 11.5. The van der Waals surface area contributed by atoms with E-state index in [0.717, 1.165) is 5.56 Å². The van der Waals surface area contributed by atoms with Crippen LogP contribution in [0.25, 0.3) is 16.9 Å². The second-order valence-corrected chi connectivity index (χ2v) is 6.68. The number of rotatable bonds is 4. The third-order valence-corrected chi connectivity index (χ3v) is 4.82. The molecular formula is C22H17N7O2. The Morgan fingerprint density at radius 3 is 2.39 bits per heavy atom. The number of nitriles is 1. The summed E-state index contributed by atoms with van der Waals surface area (Å²) in [6.07, 6.45) is 6.38. The number of benzene rings is 1. The van der Waals surface area contributed by atoms with Gasteiger partial charge < -0.3 is 10.2 Å². The SMILES string of the molecule is CNC(=O)c1ccc(-c2cnc3cnc(C(=O)N(C)c4ccc(C#N)cc4)cn23)cn1. The molecule has 0 unspecified atom stereocenters. The second kappa shape index (κ2) is 8.04. The minimum atomic E-state index is -0.306. The lowest BCUT2D eigenvalue weighted by molar-refractivity contribution is 0.0956. The van der Waals surface area contributed by atoms with E-state index in [4.69, 9.17) is 5.26 Å². The van der Waals surface area contributed by atoms with Crippen molar-refractivity contribution < 1.29 is 9.59 Å². The summed E-state index contributed by atoms with van der Waals surface area (Å²) in [6.45, 7) is 0. The van der Waals surface area contributed by atoms with E-state index in [1.54, 1.807) is 73.5 Å². The zero-order chi connectivity index (χ0) is 22.0. The van der Waals surface area contributed by atoms with Crippen LogP contribution in [-0.4, -0.2) is 45.3 Å². The number of carbonyl (C=O) groups is 2. The summed E-state index contributed by atoms with van der Waals surface area (Å²) >= 11 is 0. The van der Waals surface area contributed by atoms with Crippen LogP contribution in [0.15, 0.2) is 61.2 Å². The van der Waals surface area contributed by atoms with Gasteiger partial charge in [0.25, 0.3) is 11.8 Å². The Morgan fingerprint density at radius 1 is 1.00 bits per heavy atom. The monoisotopic (exact) mass is 411 g/mol. The van der Waals surface area contributed by atoms with Gasteiger partial charge in [-0.25, -0.2) is 9.97 Å². The van der Waals surface area contributed by atoms with E-state index in [2.05, 4.69) is 26.3 Å². The number of carbonyl (C=O) groups excluding carboxylic acids is 2. The minimum absolute atomic E-state index is 0.230. The van der Waals surface area contributed by atoms with E-state index >= 15 is 0 Å². The molecule has 1 aromatic carbocycles. The van der Waals surface area contributed by atoms with Crippen LogP contribution in [0.1, 0.15) is 26.5 Å². The maximum absolute atomic E-state index is 13.0. The van der Waals surface area contributed by atoms with Gasteiger partial charge in [0.1, 0.15) is 11.4 Å². The maximum atomic E-state index is 13.0. The molecule has 31 heavy (non-hydrogen) atoms. The number of hydrogen-bond donors (Lipinski definition) is 1. The highest BCUT2D eigenvalue weighted by atomic mass is 16.2. The molecule has 9 nitrogen and oxygen atoms in total. The molecule has 0 aliphatic carbocycles. The molecule has 0 radical (unpaired) electrons. The van der Waals surface area contributed by atoms with Gasteiger partial charge in [-0.1, -0.05) is 0 Å². The highest BCUT2D eigenvalue weighted by Gasteiger charge is 2.17. The average Bonchev–Trinajstić information content (AvgIpc) is 3.26. The van der Waals surface area contributed by atoms with Gasteiger partial charge in [0, 0.05) is 37.7 Å². The topological polar surface area (TPSA) is 116 Å². The first-order chi connectivity index (χ1) is 15.0. The molecule has 0 fully saturated rings. The molecule has 0 atom stereocenters. The normalized spacial score (nSPS) is 10.5. The van der Waals surface area contributed by atoms with Crippen LogP contribution in [0.3, 0.4) is 0 Å². The molecule has 4 aromatic rings. The van der Waals surface area contributed by atoms with E-state index in [-0.39, 0.29) is 17.5 Å². The number of hydrogen-bond acceptors (Lipinski definition) is 6. The molecular weight excluding hydrogens is 394 g/mol. The number of imidazole rings is 1. The molecule has 0 bridgehead atoms. The molecule has 4 rings (SSSR count). The molecule has 3 heterocycles. The summed E-state index contributed by atoms with van der Waals surface area (Å²) in [5.74, 6) is -0.577. The Balaban J connectivity index is 1.67. The highest BCUT2D eigenvalue weighted by Crippen LogP contribution is 2.21. The molecule has 0 aliphatic rings. The standard InChI is InChI=1S/C22H17N7O2/c1-24-21(30)17-8-5-15(10-25-17)19-11-27-20-12-26-18(13-29(19)20)22(31)28(2)16-6-3-14(9-23)4-7-16/h3-8,10-13H,1-2H3,(H,24,30). The molecule has 152 valence electrons. The Morgan fingerprint density at radius 2 is 1.74 bits per heavy atom. The van der Waals surface area contributed by atoms with E-state index in [1.807, 2.05) is 0 Å². The Bertz CT molecular complexity index is 1320. The number of fused-ring (bicyclic) bond motifs is 1. The fourth-order valence-corrected chi connectivity index (χ4v) is 3.07. The van der Waals surface area contributed by atoms with Crippen LogP contribution in [0.4, 0.5) is 5.69 Å². The van der Waals surface area contributed by atoms with Gasteiger partial charge >= 0.3 is 0 Å². The van der Waals surface area contributed by atoms with E-state index in [1.165, 1.54) is 11.1 Å². The number of amides is 2. The first-order valence-electron chi connectivity index (χ1n) is 9.31. The first-order valence-corrected chi connectivity index (χ1v) is 9.31. The maximum Gasteiger partial charge on any atom is 0.278 e. The van der Waals surface area contributed by atoms with Gasteiger partial charge in [0.15, 0.2) is 5.65 Å². The predicted octanol–water partition coefficient (Wildman–Crippen LogP) is 2.30. The smallest absolute Gasteiger partial charge is 0.278 e. The van der Waals surface area contributed by atoms with Crippen LogP contribution in [-0.2, 0) is 0 Å². The van der Waals surface area contributed by atoms with E-state index < -0.39 is 0 Å². The molecule has 2 amide bonds. The van der Waals surface area contributed by atoms with Gasteiger partial charge in [-0.3, -0.25) is 19.0 Å². The lowest BCUT2D eigenvalue weighted by Crippen LogP contribution is -2.27. The number of pyridine rings is 1. The van der Waals surface area contributed by atoms with Crippen LogP contribution in [0.5, 0.6) is 0 Å². The van der Waals surface area contributed by atoms with Crippen molar-refractivity contribution in [2.45, 2.75) is 0 Å². The third kappa shape index (κ3) is 3.70. The van der Waals surface area contributed by atoms with Crippen molar-refractivity contribution in [3.63, 3.8) is 0 Å². The number of nitrogens with zero attached hydrogens (tertiary/aromatic N) is 6. The summed E-state index contributed by atoms with van der Waals surface area (Å²) in [5.41, 5.74) is 3.72. The Labute approximate surface area is 177 Å². The number of nitrogens with one attached hydrogen (secondary N) is 1. The first kappa shape index (κ1) is 19.7. The van der Waals surface area contributed by atoms with Crippen molar-refractivity contribution in [3.05, 3.63) is 78.1 Å². The summed E-state index contributed by atoms with van der Waals surface area (Å²) in [4.78, 5) is 38.9. The molecule has 9 heteroatoms. The van der Waals surface area contributed by atoms with Crippen LogP contribution < -0.4 is 10.2 Å². The van der Waals surface area contributed by atoms with E-state index in [0.29, 0.717) is 28.3 Å². The predicted molar refractivity (Wildman–Crippen MR) is 113 cm³/mol. The lowest BCUT2D eigenvalue weighted by Gasteiger charge is -2.17. The van der Waals surface area contributed by atoms with E-state index in [9.17, 15) is 9.59 Å². The van der Waals surface area contributed by atoms with Gasteiger partial charge in [0.2, 0.25) is 0 Å². The van der Waals surface area contributed by atoms with Gasteiger partial charge in [-0.05, 0) is 36.4 Å². The zero-order valence-electron chi connectivity index (χ0n) is 16.8.